The molecule has 0 aliphatic carbocycles. The Labute approximate surface area is 132 Å². The van der Waals surface area contributed by atoms with E-state index in [0.29, 0.717) is 12.6 Å². The number of hydrogen-bond donors (Lipinski definition) is 0. The quantitative estimate of drug-likeness (QED) is 0.793. The molecule has 0 N–H and O–H groups in total. The lowest BCUT2D eigenvalue weighted by atomic mass is 10.0. The fourth-order valence-electron chi connectivity index (χ4n) is 3.73. The number of ether oxygens (including phenoxy) is 1. The van der Waals surface area contributed by atoms with Crippen molar-refractivity contribution in [3.8, 4) is 0 Å². The van der Waals surface area contributed by atoms with Crippen LogP contribution in [0.5, 0.6) is 0 Å². The normalized spacial score (nSPS) is 24.0. The molecule has 0 bridgehead atoms. The predicted molar refractivity (Wildman–Crippen MR) is 84.5 cm³/mol. The first kappa shape index (κ1) is 15.4. The molecule has 5 nitrogen and oxygen atoms in total. The molecule has 1 aromatic rings. The highest BCUT2D eigenvalue weighted by molar-refractivity contribution is 5.78. The van der Waals surface area contributed by atoms with Gasteiger partial charge >= 0.3 is 5.97 Å². The maximum Gasteiger partial charge on any atom is 0.328 e. The second kappa shape index (κ2) is 6.75. The van der Waals surface area contributed by atoms with Gasteiger partial charge in [0.2, 0.25) is 0 Å². The summed E-state index contributed by atoms with van der Waals surface area (Å²) >= 11 is 0. The predicted octanol–water partition coefficient (Wildman–Crippen LogP) is 1.77. The Morgan fingerprint density at radius 2 is 2.32 bits per heavy atom. The Bertz CT molecular complexity index is 534. The van der Waals surface area contributed by atoms with Gasteiger partial charge in [0.1, 0.15) is 6.04 Å². The van der Waals surface area contributed by atoms with Gasteiger partial charge in [-0.2, -0.15) is 0 Å². The third-order valence-electron chi connectivity index (χ3n) is 4.84. The van der Waals surface area contributed by atoms with Crippen molar-refractivity contribution in [1.82, 2.24) is 14.8 Å². The highest BCUT2D eigenvalue weighted by Crippen LogP contribution is 2.30. The van der Waals surface area contributed by atoms with Crippen LogP contribution in [0.4, 0.5) is 0 Å². The number of carbonyl (C=O) groups excluding carboxylic acids is 1. The van der Waals surface area contributed by atoms with Crippen LogP contribution < -0.4 is 0 Å². The Kier molecular flexibility index (Phi) is 4.74. The minimum atomic E-state index is -0.323. The summed E-state index contributed by atoms with van der Waals surface area (Å²) < 4.78 is 5.36. The number of esters is 1. The summed E-state index contributed by atoms with van der Waals surface area (Å²) in [6.45, 7) is 8.34. The number of piperazine rings is 1. The van der Waals surface area contributed by atoms with E-state index in [4.69, 9.17) is 4.74 Å². The van der Waals surface area contributed by atoms with Crippen LogP contribution >= 0.6 is 0 Å². The molecule has 5 heteroatoms. The van der Waals surface area contributed by atoms with E-state index in [1.165, 1.54) is 19.4 Å². The zero-order valence-electron chi connectivity index (χ0n) is 13.5. The summed E-state index contributed by atoms with van der Waals surface area (Å²) in [5.41, 5.74) is 1.89. The molecule has 0 saturated carbocycles. The third kappa shape index (κ3) is 3.01. The number of aromatic nitrogens is 1. The zero-order chi connectivity index (χ0) is 15.5. The number of aryl methyl sites for hydroxylation is 1. The number of carbonyl (C=O) groups is 1. The minimum absolute atomic E-state index is 0.148. The molecule has 3 rings (SSSR count). The summed E-state index contributed by atoms with van der Waals surface area (Å²) in [6, 6.07) is 4.17. The standard InChI is InChI=1S/C17H25N3O2/c1-3-22-17(21)16(15-7-4-8-18-13(15)2)20-11-10-19-9-5-6-14(19)12-20/h4,7-8,14,16H,3,5-6,9-12H2,1-2H3/t14-,16?/m1/s1. The highest BCUT2D eigenvalue weighted by atomic mass is 16.5. The minimum Gasteiger partial charge on any atom is -0.465 e. The molecule has 2 aliphatic heterocycles. The molecular weight excluding hydrogens is 278 g/mol. The number of rotatable bonds is 4. The summed E-state index contributed by atoms with van der Waals surface area (Å²) in [5.74, 6) is -0.148. The molecule has 0 aromatic carbocycles. The molecule has 2 atom stereocenters. The van der Waals surface area contributed by atoms with Crippen molar-refractivity contribution in [3.05, 3.63) is 29.6 Å². The molecule has 0 radical (unpaired) electrons. The Balaban J connectivity index is 1.85. The van der Waals surface area contributed by atoms with Crippen molar-refractivity contribution in [3.63, 3.8) is 0 Å². The van der Waals surface area contributed by atoms with Crippen LogP contribution in [0.2, 0.25) is 0 Å². The van der Waals surface area contributed by atoms with Crippen molar-refractivity contribution in [2.24, 2.45) is 0 Å². The molecule has 22 heavy (non-hydrogen) atoms. The maximum absolute atomic E-state index is 12.6. The average Bonchev–Trinajstić information content (AvgIpc) is 2.97. The van der Waals surface area contributed by atoms with Gasteiger partial charge in [-0.15, -0.1) is 0 Å². The lowest BCUT2D eigenvalue weighted by molar-refractivity contribution is -0.151. The molecule has 0 spiro atoms. The first-order valence-corrected chi connectivity index (χ1v) is 8.27. The van der Waals surface area contributed by atoms with E-state index in [2.05, 4.69) is 14.8 Å². The first-order valence-electron chi connectivity index (χ1n) is 8.27. The molecule has 1 aromatic heterocycles. The largest absolute Gasteiger partial charge is 0.465 e. The Morgan fingerprint density at radius 3 is 3.09 bits per heavy atom. The van der Waals surface area contributed by atoms with Gasteiger partial charge in [0.05, 0.1) is 6.61 Å². The van der Waals surface area contributed by atoms with E-state index in [1.807, 2.05) is 26.0 Å². The van der Waals surface area contributed by atoms with Gasteiger partial charge in [0.25, 0.3) is 0 Å². The van der Waals surface area contributed by atoms with Crippen LogP contribution in [0.25, 0.3) is 0 Å². The Hall–Kier alpha value is -1.46. The van der Waals surface area contributed by atoms with Gasteiger partial charge in [-0.1, -0.05) is 6.07 Å². The topological polar surface area (TPSA) is 45.7 Å². The Morgan fingerprint density at radius 1 is 1.45 bits per heavy atom. The SMILES string of the molecule is CCOC(=O)C(c1cccnc1C)N1CCN2CCC[C@@H]2C1. The van der Waals surface area contributed by atoms with Gasteiger partial charge in [-0.3, -0.25) is 14.8 Å². The molecular formula is C17H25N3O2. The number of hydrogen-bond acceptors (Lipinski definition) is 5. The second-order valence-corrected chi connectivity index (χ2v) is 6.16. The van der Waals surface area contributed by atoms with Gasteiger partial charge in [-0.25, -0.2) is 4.79 Å². The van der Waals surface area contributed by atoms with Crippen molar-refractivity contribution < 1.29 is 9.53 Å². The van der Waals surface area contributed by atoms with E-state index in [1.54, 1.807) is 6.20 Å². The fraction of sp³-hybridized carbons (Fsp3) is 0.647. The van der Waals surface area contributed by atoms with Crippen molar-refractivity contribution >= 4 is 5.97 Å². The van der Waals surface area contributed by atoms with E-state index in [-0.39, 0.29) is 12.0 Å². The van der Waals surface area contributed by atoms with Crippen LogP contribution in [-0.2, 0) is 9.53 Å². The number of pyridine rings is 1. The monoisotopic (exact) mass is 303 g/mol. The van der Waals surface area contributed by atoms with E-state index < -0.39 is 0 Å². The smallest absolute Gasteiger partial charge is 0.328 e. The summed E-state index contributed by atoms with van der Waals surface area (Å²) in [4.78, 5) is 21.8. The lowest BCUT2D eigenvalue weighted by Crippen LogP contribution is -2.52. The molecule has 2 aliphatic rings. The lowest BCUT2D eigenvalue weighted by Gasteiger charge is -2.40. The van der Waals surface area contributed by atoms with E-state index in [9.17, 15) is 4.79 Å². The molecule has 2 saturated heterocycles. The van der Waals surface area contributed by atoms with Crippen LogP contribution in [0, 0.1) is 6.92 Å². The van der Waals surface area contributed by atoms with E-state index in [0.717, 1.165) is 30.9 Å². The molecule has 3 heterocycles. The zero-order valence-corrected chi connectivity index (χ0v) is 13.5. The maximum atomic E-state index is 12.6. The van der Waals surface area contributed by atoms with Crippen molar-refractivity contribution in [1.29, 1.82) is 0 Å². The molecule has 120 valence electrons. The van der Waals surface area contributed by atoms with Crippen LogP contribution in [0.15, 0.2) is 18.3 Å². The highest BCUT2D eigenvalue weighted by Gasteiger charge is 2.37. The molecule has 0 amide bonds. The van der Waals surface area contributed by atoms with Gasteiger partial charge < -0.3 is 4.74 Å². The number of nitrogens with zero attached hydrogens (tertiary/aromatic N) is 3. The fourth-order valence-corrected chi connectivity index (χ4v) is 3.73. The van der Waals surface area contributed by atoms with Crippen LogP contribution in [0.1, 0.15) is 37.1 Å². The first-order chi connectivity index (χ1) is 10.7. The second-order valence-electron chi connectivity index (χ2n) is 6.16. The summed E-state index contributed by atoms with van der Waals surface area (Å²) in [7, 11) is 0. The molecule has 1 unspecified atom stereocenters. The number of fused-ring (bicyclic) bond motifs is 1. The summed E-state index contributed by atoms with van der Waals surface area (Å²) in [6.07, 6.45) is 4.28. The van der Waals surface area contributed by atoms with Gasteiger partial charge in [-0.05, 0) is 39.3 Å². The summed E-state index contributed by atoms with van der Waals surface area (Å²) in [5, 5.41) is 0. The van der Waals surface area contributed by atoms with Crippen LogP contribution in [0.3, 0.4) is 0 Å². The van der Waals surface area contributed by atoms with Gasteiger partial charge in [0, 0.05) is 43.1 Å². The van der Waals surface area contributed by atoms with Gasteiger partial charge in [0.15, 0.2) is 0 Å². The van der Waals surface area contributed by atoms with E-state index >= 15 is 0 Å². The third-order valence-corrected chi connectivity index (χ3v) is 4.84. The van der Waals surface area contributed by atoms with Crippen molar-refractivity contribution in [2.75, 3.05) is 32.8 Å². The van der Waals surface area contributed by atoms with Crippen LogP contribution in [-0.4, -0.2) is 59.6 Å². The average molecular weight is 303 g/mol. The molecule has 2 fully saturated rings. The van der Waals surface area contributed by atoms with Crippen molar-refractivity contribution in [2.45, 2.75) is 38.8 Å².